The molecule has 1 fully saturated rings. The lowest BCUT2D eigenvalue weighted by molar-refractivity contribution is -0.198. The van der Waals surface area contributed by atoms with Gasteiger partial charge in [0.05, 0.1) is 96.4 Å². The average Bonchev–Trinajstić information content (AvgIpc) is 3.77. The van der Waals surface area contributed by atoms with Crippen LogP contribution in [0.4, 0.5) is 11.4 Å². The summed E-state index contributed by atoms with van der Waals surface area (Å²) in [4.78, 5) is 43.1. The lowest BCUT2D eigenvalue weighted by atomic mass is 9.77. The third-order valence-electron chi connectivity index (χ3n) is 11.7. The molecular formula is C48H69N3O19S3. The fourth-order valence-corrected chi connectivity index (χ4v) is 9.41. The number of carbonyl (C=O) groups excluding carboxylic acids is 3. The highest BCUT2D eigenvalue weighted by atomic mass is 32.2. The van der Waals surface area contributed by atoms with Crippen LogP contribution >= 0.6 is 0 Å². The molecule has 2 aliphatic rings. The summed E-state index contributed by atoms with van der Waals surface area (Å²) in [5.41, 5.74) is 2.99. The van der Waals surface area contributed by atoms with Crippen molar-refractivity contribution < 1.29 is 87.5 Å². The molecule has 0 spiro atoms. The zero-order valence-corrected chi connectivity index (χ0v) is 44.0. The molecule has 2 aromatic rings. The summed E-state index contributed by atoms with van der Waals surface area (Å²) in [7, 11) is -8.68. The van der Waals surface area contributed by atoms with Gasteiger partial charge in [-0.05, 0) is 87.6 Å². The van der Waals surface area contributed by atoms with Crippen molar-refractivity contribution in [3.05, 3.63) is 77.5 Å². The molecule has 408 valence electrons. The first-order chi connectivity index (χ1) is 34.8. The van der Waals surface area contributed by atoms with Crippen molar-refractivity contribution >= 4 is 66.0 Å². The Hall–Kier alpha value is -4.64. The van der Waals surface area contributed by atoms with Crippen LogP contribution in [-0.2, 0) is 84.4 Å². The Morgan fingerprint density at radius 3 is 1.92 bits per heavy atom. The number of nitrogens with zero attached hydrogens (tertiary/aromatic N) is 3. The van der Waals surface area contributed by atoms with Gasteiger partial charge in [-0.1, -0.05) is 18.2 Å². The molecule has 2 unspecified atom stereocenters. The van der Waals surface area contributed by atoms with E-state index in [1.54, 1.807) is 24.3 Å². The van der Waals surface area contributed by atoms with Gasteiger partial charge in [-0.15, -0.1) is 5.06 Å². The van der Waals surface area contributed by atoms with Crippen LogP contribution < -0.4 is 9.80 Å². The van der Waals surface area contributed by atoms with Crippen LogP contribution in [0.3, 0.4) is 0 Å². The van der Waals surface area contributed by atoms with Gasteiger partial charge in [0.15, 0.2) is 11.1 Å². The first kappa shape index (κ1) is 60.9. The van der Waals surface area contributed by atoms with E-state index < -0.39 is 54.5 Å². The van der Waals surface area contributed by atoms with Gasteiger partial charge in [0.1, 0.15) is 5.75 Å². The van der Waals surface area contributed by atoms with E-state index in [2.05, 4.69) is 0 Å². The number of allylic oxidation sites excluding steroid dienone is 6. The molecule has 4 N–H and O–H groups in total. The monoisotopic (exact) mass is 1090 g/mol. The minimum Gasteiger partial charge on any atom is -0.507 e. The molecule has 0 bridgehead atoms. The third kappa shape index (κ3) is 20.2. The van der Waals surface area contributed by atoms with Crippen molar-refractivity contribution in [1.29, 1.82) is 0 Å². The number of phenolic OH excluding ortho intramolecular Hbond substituents is 1. The lowest BCUT2D eigenvalue weighted by Crippen LogP contribution is -2.32. The van der Waals surface area contributed by atoms with Gasteiger partial charge < -0.3 is 52.7 Å². The molecule has 22 nitrogen and oxygen atoms in total. The van der Waals surface area contributed by atoms with Gasteiger partial charge in [-0.2, -0.15) is 16.8 Å². The lowest BCUT2D eigenvalue weighted by Gasteiger charge is -2.30. The average molecular weight is 1090 g/mol. The Morgan fingerprint density at radius 1 is 0.822 bits per heavy atom. The number of phenols is 1. The summed E-state index contributed by atoms with van der Waals surface area (Å²) in [5.74, 6) is -2.23. The van der Waals surface area contributed by atoms with E-state index in [4.69, 9.17) is 37.8 Å². The summed E-state index contributed by atoms with van der Waals surface area (Å²) in [6, 6.07) is 9.52. The number of hydroxylamine groups is 2. The zero-order valence-electron chi connectivity index (χ0n) is 41.5. The molecule has 2 aliphatic heterocycles. The van der Waals surface area contributed by atoms with E-state index in [1.807, 2.05) is 54.9 Å². The van der Waals surface area contributed by atoms with Crippen molar-refractivity contribution in [1.82, 2.24) is 5.06 Å². The maximum absolute atomic E-state index is 12.3. The number of fused-ring (bicyclic) bond motifs is 1. The number of ether oxygens (including phenoxy) is 6. The first-order valence-corrected chi connectivity index (χ1v) is 28.2. The number of hydrogen-bond acceptors (Lipinski definition) is 18. The number of benzene rings is 2. The number of amides is 2. The molecule has 0 saturated carbocycles. The van der Waals surface area contributed by atoms with E-state index in [-0.39, 0.29) is 87.5 Å². The fraction of sp³-hybridized carbons (Fsp3) is 0.562. The van der Waals surface area contributed by atoms with Gasteiger partial charge in [-0.25, -0.2) is 9.00 Å². The second-order valence-electron chi connectivity index (χ2n) is 16.8. The van der Waals surface area contributed by atoms with Gasteiger partial charge in [-0.3, -0.25) is 18.7 Å². The fourth-order valence-electron chi connectivity index (χ4n) is 8.02. The van der Waals surface area contributed by atoms with Crippen LogP contribution in [0.15, 0.2) is 71.3 Å². The van der Waals surface area contributed by atoms with Gasteiger partial charge in [0, 0.05) is 72.3 Å². The quantitative estimate of drug-likeness (QED) is 0.0241. The van der Waals surface area contributed by atoms with Gasteiger partial charge >= 0.3 is 5.97 Å². The molecular weight excluding hydrogens is 1020 g/mol. The maximum atomic E-state index is 12.3. The van der Waals surface area contributed by atoms with Gasteiger partial charge in [0.25, 0.3) is 32.1 Å². The normalized spacial score (nSPS) is 17.3. The van der Waals surface area contributed by atoms with Crippen LogP contribution in [0.5, 0.6) is 5.75 Å². The predicted octanol–water partition coefficient (Wildman–Crippen LogP) is 4.46. The second kappa shape index (κ2) is 30.7. The largest absolute Gasteiger partial charge is 0.507 e. The smallest absolute Gasteiger partial charge is 0.335 e. The standard InChI is InChI=1S/C48H69N3O19S3/c1-4-37(40-13-11-38(35-43(40)52)49(5-2)19-8-34-72(58,59)60)9-6-10-44-48(3,18-7-33-71(56)57)41-36-39(73(61,62)63)12-14-42(41)50(44)20-22-65-24-26-67-28-30-69-32-31-68-29-27-66-25-23-64-21-17-47(55)70-51-45(53)15-16-46(51)54/h4,6,9-14,35-36,52H,5,7-8,15-34H2,1-3H3,(H,56,57)(H,58,59,60)(H,61,62,63)/b9-6+,37-4-,44-10+. The first-order valence-electron chi connectivity index (χ1n) is 23.9. The summed E-state index contributed by atoms with van der Waals surface area (Å²) < 4.78 is 121. The SMILES string of the molecule is C/C=C(/C=C/C=C1/N(CCOCCOCCOCCOCCOCCOCCC(=O)ON2C(=O)CCC2=O)c2ccc(S(=O)(=O)O)cc2C1(C)CCCS(=O)O)c1ccc(N(CC)CCCS(=O)(=O)O)cc1O. The number of hydrogen-bond donors (Lipinski definition) is 4. The number of carbonyl (C=O) groups is 3. The van der Waals surface area contributed by atoms with Gasteiger partial charge in [0.2, 0.25) is 0 Å². The topological polar surface area (TPSA) is 292 Å². The molecule has 0 aliphatic carbocycles. The summed E-state index contributed by atoms with van der Waals surface area (Å²) in [6.07, 6.45) is 8.09. The van der Waals surface area contributed by atoms with Crippen molar-refractivity contribution in [2.75, 3.05) is 120 Å². The highest BCUT2D eigenvalue weighted by Crippen LogP contribution is 2.51. The Morgan fingerprint density at radius 2 is 1.40 bits per heavy atom. The molecule has 2 aromatic carbocycles. The van der Waals surface area contributed by atoms with Crippen LogP contribution in [0, 0.1) is 0 Å². The molecule has 0 radical (unpaired) electrons. The van der Waals surface area contributed by atoms with E-state index in [1.165, 1.54) is 12.1 Å². The van der Waals surface area contributed by atoms with Crippen LogP contribution in [-0.4, -0.2) is 173 Å². The number of anilines is 2. The van der Waals surface area contributed by atoms with E-state index in [0.717, 1.165) is 5.70 Å². The Bertz CT molecular complexity index is 2470. The molecule has 2 amide bonds. The predicted molar refractivity (Wildman–Crippen MR) is 270 cm³/mol. The molecule has 73 heavy (non-hydrogen) atoms. The minimum absolute atomic E-state index is 0.0119. The molecule has 2 heterocycles. The zero-order chi connectivity index (χ0) is 53.4. The molecule has 25 heteroatoms. The van der Waals surface area contributed by atoms with Crippen LogP contribution in [0.2, 0.25) is 0 Å². The van der Waals surface area contributed by atoms with E-state index in [9.17, 15) is 49.6 Å². The van der Waals surface area contributed by atoms with Crippen molar-refractivity contribution in [2.45, 2.75) is 69.6 Å². The van der Waals surface area contributed by atoms with Crippen molar-refractivity contribution in [3.8, 4) is 5.75 Å². The summed E-state index contributed by atoms with van der Waals surface area (Å²) in [5, 5.41) is 11.7. The Balaban J connectivity index is 1.25. The highest BCUT2D eigenvalue weighted by molar-refractivity contribution is 7.86. The number of aromatic hydroxyl groups is 1. The molecule has 1 saturated heterocycles. The molecule has 2 atom stereocenters. The highest BCUT2D eigenvalue weighted by Gasteiger charge is 2.43. The Labute approximate surface area is 429 Å². The summed E-state index contributed by atoms with van der Waals surface area (Å²) >= 11 is -2.07. The maximum Gasteiger partial charge on any atom is 0.335 e. The second-order valence-corrected chi connectivity index (χ2v) is 20.9. The number of imide groups is 1. The van der Waals surface area contributed by atoms with E-state index >= 15 is 0 Å². The van der Waals surface area contributed by atoms with Crippen LogP contribution in [0.25, 0.3) is 5.57 Å². The molecule has 0 aromatic heterocycles. The van der Waals surface area contributed by atoms with Crippen molar-refractivity contribution in [3.63, 3.8) is 0 Å². The summed E-state index contributed by atoms with van der Waals surface area (Å²) in [6.45, 7) is 10.1. The van der Waals surface area contributed by atoms with Crippen LogP contribution in [0.1, 0.15) is 70.4 Å². The third-order valence-corrected chi connectivity index (χ3v) is 14.0. The number of rotatable bonds is 36. The van der Waals surface area contributed by atoms with E-state index in [0.29, 0.717) is 105 Å². The minimum atomic E-state index is -4.58. The van der Waals surface area contributed by atoms with Crippen molar-refractivity contribution in [2.24, 2.45) is 0 Å². The Kier molecular flexibility index (Phi) is 25.6. The molecule has 4 rings (SSSR count).